The molecule has 0 saturated heterocycles. The number of phosphoric acid groups is 1. The Morgan fingerprint density at radius 2 is 0.803 bits per heavy atom. The summed E-state index contributed by atoms with van der Waals surface area (Å²) < 4.78 is 23.3. The molecule has 2 N–H and O–H groups in total. The Bertz CT molecular complexity index is 963. The van der Waals surface area contributed by atoms with Crippen molar-refractivity contribution in [3.63, 3.8) is 0 Å². The van der Waals surface area contributed by atoms with Crippen molar-refractivity contribution in [2.45, 2.75) is 289 Å². The van der Waals surface area contributed by atoms with Crippen LogP contribution in [0.3, 0.4) is 0 Å². The van der Waals surface area contributed by atoms with Crippen LogP contribution in [0.2, 0.25) is 0 Å². The van der Waals surface area contributed by atoms with Crippen LogP contribution in [0.25, 0.3) is 0 Å². The number of hydrogen-bond donors (Lipinski definition) is 2. The predicted octanol–water partition coefficient (Wildman–Crippen LogP) is 15.1. The number of nitrogens with zero attached hydrogens (tertiary/aromatic N) is 1. The maximum absolute atomic E-state index is 12.9. The maximum Gasteiger partial charge on any atom is 0.268 e. The Balaban J connectivity index is 4.07. The smallest absolute Gasteiger partial charge is 0.268 e. The average molecular weight is 887 g/mol. The fourth-order valence-corrected chi connectivity index (χ4v) is 9.06. The topological polar surface area (TPSA) is 108 Å². The first-order valence-corrected chi connectivity index (χ1v) is 28.3. The van der Waals surface area contributed by atoms with Gasteiger partial charge in [0.15, 0.2) is 0 Å². The molecule has 0 aromatic carbocycles. The molecule has 3 atom stereocenters. The van der Waals surface area contributed by atoms with E-state index in [1.807, 2.05) is 21.1 Å². The second kappa shape index (κ2) is 44.7. The standard InChI is InChI=1S/C52H107N2O6P/c1-6-8-10-12-14-16-18-20-21-22-23-24-25-26-27-28-29-30-31-32-34-36-38-40-42-44-46-52(56)53-50(49-60-61(57,58)59-48-47-54(3,4)5)51(55)45-43-41-39-37-35-33-19-17-15-13-11-9-7-2/h50-51,55H,6-49H2,1-5H3,(H-,53,56,57,58)/t50-,51+/m0/s1. The largest absolute Gasteiger partial charge is 0.756 e. The van der Waals surface area contributed by atoms with Crippen LogP contribution in [0, 0.1) is 0 Å². The monoisotopic (exact) mass is 887 g/mol. The number of amides is 1. The summed E-state index contributed by atoms with van der Waals surface area (Å²) in [6.07, 6.45) is 51.3. The highest BCUT2D eigenvalue weighted by molar-refractivity contribution is 7.45. The van der Waals surface area contributed by atoms with Crippen LogP contribution in [0.1, 0.15) is 277 Å². The lowest BCUT2D eigenvalue weighted by molar-refractivity contribution is -0.870. The molecule has 0 aromatic heterocycles. The molecule has 9 heteroatoms. The van der Waals surface area contributed by atoms with Gasteiger partial charge < -0.3 is 28.8 Å². The molecule has 366 valence electrons. The van der Waals surface area contributed by atoms with Gasteiger partial charge in [0.2, 0.25) is 5.91 Å². The van der Waals surface area contributed by atoms with Gasteiger partial charge >= 0.3 is 0 Å². The first-order chi connectivity index (χ1) is 29.5. The highest BCUT2D eigenvalue weighted by atomic mass is 31.2. The van der Waals surface area contributed by atoms with Gasteiger partial charge in [-0.1, -0.05) is 258 Å². The number of aliphatic hydroxyl groups excluding tert-OH is 1. The summed E-state index contributed by atoms with van der Waals surface area (Å²) >= 11 is 0. The zero-order chi connectivity index (χ0) is 45.0. The van der Waals surface area contributed by atoms with E-state index in [1.165, 1.54) is 212 Å². The van der Waals surface area contributed by atoms with Gasteiger partial charge in [0.1, 0.15) is 13.2 Å². The summed E-state index contributed by atoms with van der Waals surface area (Å²) in [5, 5.41) is 14.0. The normalized spacial score (nSPS) is 14.0. The highest BCUT2D eigenvalue weighted by Gasteiger charge is 2.24. The van der Waals surface area contributed by atoms with Crippen molar-refractivity contribution in [1.29, 1.82) is 0 Å². The molecular formula is C52H107N2O6P. The quantitative estimate of drug-likeness (QED) is 0.0358. The van der Waals surface area contributed by atoms with Gasteiger partial charge in [-0.05, 0) is 12.8 Å². The lowest BCUT2D eigenvalue weighted by Gasteiger charge is -2.30. The van der Waals surface area contributed by atoms with Crippen LogP contribution in [0.15, 0.2) is 0 Å². The Morgan fingerprint density at radius 1 is 0.508 bits per heavy atom. The van der Waals surface area contributed by atoms with Crippen molar-refractivity contribution in [3.8, 4) is 0 Å². The van der Waals surface area contributed by atoms with Gasteiger partial charge in [0.25, 0.3) is 7.82 Å². The van der Waals surface area contributed by atoms with E-state index in [2.05, 4.69) is 19.2 Å². The third kappa shape index (κ3) is 47.3. The summed E-state index contributed by atoms with van der Waals surface area (Å²) in [6, 6.07) is -0.793. The van der Waals surface area contributed by atoms with E-state index >= 15 is 0 Å². The Morgan fingerprint density at radius 3 is 1.11 bits per heavy atom. The zero-order valence-electron chi connectivity index (χ0n) is 41.7. The summed E-state index contributed by atoms with van der Waals surface area (Å²) in [5.74, 6) is -0.158. The van der Waals surface area contributed by atoms with Gasteiger partial charge in [0.05, 0.1) is 39.9 Å². The van der Waals surface area contributed by atoms with E-state index in [9.17, 15) is 19.4 Å². The van der Waals surface area contributed by atoms with Crippen molar-refractivity contribution in [2.75, 3.05) is 40.9 Å². The third-order valence-electron chi connectivity index (χ3n) is 12.6. The Kier molecular flexibility index (Phi) is 44.3. The van der Waals surface area contributed by atoms with E-state index in [1.54, 1.807) is 0 Å². The fraction of sp³-hybridized carbons (Fsp3) is 0.981. The number of rotatable bonds is 50. The molecule has 1 amide bonds. The molecule has 0 aliphatic rings. The average Bonchev–Trinajstić information content (AvgIpc) is 3.21. The molecule has 0 spiro atoms. The molecule has 0 bridgehead atoms. The molecule has 8 nitrogen and oxygen atoms in total. The number of hydrogen-bond acceptors (Lipinski definition) is 6. The molecule has 0 saturated carbocycles. The maximum atomic E-state index is 12.9. The SMILES string of the molecule is CCCCCCCCCCCCCCCCCCCCCCCCCCCCC(=O)N[C@@H](COP(=O)([O-])OCC[N+](C)(C)C)[C@H](O)CCCCCCCCCCCCCCC. The van der Waals surface area contributed by atoms with Gasteiger partial charge in [-0.25, -0.2) is 0 Å². The van der Waals surface area contributed by atoms with Crippen molar-refractivity contribution in [1.82, 2.24) is 5.32 Å². The van der Waals surface area contributed by atoms with Crippen molar-refractivity contribution in [2.24, 2.45) is 0 Å². The summed E-state index contributed by atoms with van der Waals surface area (Å²) in [5.41, 5.74) is 0. The van der Waals surface area contributed by atoms with E-state index < -0.39 is 20.0 Å². The van der Waals surface area contributed by atoms with Crippen LogP contribution in [0.5, 0.6) is 0 Å². The highest BCUT2D eigenvalue weighted by Crippen LogP contribution is 2.38. The molecule has 0 aromatic rings. The lowest BCUT2D eigenvalue weighted by Crippen LogP contribution is -2.46. The van der Waals surface area contributed by atoms with Gasteiger partial charge in [0, 0.05) is 6.42 Å². The number of phosphoric ester groups is 1. The van der Waals surface area contributed by atoms with Crippen molar-refractivity contribution in [3.05, 3.63) is 0 Å². The number of carbonyl (C=O) groups is 1. The van der Waals surface area contributed by atoms with Crippen LogP contribution >= 0.6 is 7.82 Å². The van der Waals surface area contributed by atoms with Crippen molar-refractivity contribution >= 4 is 13.7 Å². The minimum Gasteiger partial charge on any atom is -0.756 e. The number of quaternary nitrogens is 1. The molecule has 0 radical (unpaired) electrons. The number of likely N-dealkylation sites (N-methyl/N-ethyl adjacent to an activating group) is 1. The Hall–Kier alpha value is -0.500. The molecule has 0 fully saturated rings. The van der Waals surface area contributed by atoms with Gasteiger partial charge in [-0.3, -0.25) is 9.36 Å². The number of carbonyl (C=O) groups excluding carboxylic acids is 1. The van der Waals surface area contributed by atoms with Crippen molar-refractivity contribution < 1.29 is 32.9 Å². The zero-order valence-corrected chi connectivity index (χ0v) is 42.5. The predicted molar refractivity (Wildman–Crippen MR) is 261 cm³/mol. The van der Waals surface area contributed by atoms with Crippen LogP contribution in [-0.4, -0.2) is 68.5 Å². The van der Waals surface area contributed by atoms with E-state index in [-0.39, 0.29) is 19.1 Å². The van der Waals surface area contributed by atoms with Crippen LogP contribution < -0.4 is 10.2 Å². The molecule has 61 heavy (non-hydrogen) atoms. The first kappa shape index (κ1) is 60.5. The summed E-state index contributed by atoms with van der Waals surface area (Å²) in [6.45, 7) is 4.76. The fourth-order valence-electron chi connectivity index (χ4n) is 8.34. The third-order valence-corrected chi connectivity index (χ3v) is 13.6. The number of aliphatic hydroxyl groups is 1. The molecule has 0 aliphatic heterocycles. The molecule has 0 heterocycles. The van der Waals surface area contributed by atoms with E-state index in [4.69, 9.17) is 9.05 Å². The van der Waals surface area contributed by atoms with Gasteiger partial charge in [-0.15, -0.1) is 0 Å². The second-order valence-corrected chi connectivity index (χ2v) is 21.4. The van der Waals surface area contributed by atoms with Crippen LogP contribution in [0.4, 0.5) is 0 Å². The van der Waals surface area contributed by atoms with E-state index in [0.717, 1.165) is 38.5 Å². The lowest BCUT2D eigenvalue weighted by atomic mass is 10.0. The number of unbranched alkanes of at least 4 members (excludes halogenated alkanes) is 37. The number of nitrogens with one attached hydrogen (secondary N) is 1. The molecule has 1 unspecified atom stereocenters. The summed E-state index contributed by atoms with van der Waals surface area (Å²) in [4.78, 5) is 25.4. The minimum absolute atomic E-state index is 0.0163. The molecule has 0 rings (SSSR count). The molecular weight excluding hydrogens is 780 g/mol. The van der Waals surface area contributed by atoms with Crippen LogP contribution in [-0.2, 0) is 18.4 Å². The first-order valence-electron chi connectivity index (χ1n) is 26.9. The van der Waals surface area contributed by atoms with E-state index in [0.29, 0.717) is 23.9 Å². The molecule has 0 aliphatic carbocycles. The Labute approximate surface area is 380 Å². The summed E-state index contributed by atoms with van der Waals surface area (Å²) in [7, 11) is 1.32. The van der Waals surface area contributed by atoms with Gasteiger partial charge in [-0.2, -0.15) is 0 Å². The second-order valence-electron chi connectivity index (χ2n) is 20.0. The minimum atomic E-state index is -4.56.